The molecule has 0 aliphatic heterocycles. The first-order valence-electron chi connectivity index (χ1n) is 7.76. The first-order chi connectivity index (χ1) is 11.1. The molecule has 5 N–H and O–H groups in total. The number of nitrogens with one attached hydrogen (secondary N) is 3. The molecule has 9 heteroatoms. The molecule has 0 fully saturated rings. The molecule has 0 aromatic rings. The first kappa shape index (κ1) is 22.2. The summed E-state index contributed by atoms with van der Waals surface area (Å²) < 4.78 is 0. The Labute approximate surface area is 147 Å². The third-order valence-electron chi connectivity index (χ3n) is 3.33. The lowest BCUT2D eigenvalue weighted by Gasteiger charge is -2.24. The molecular weight excluding hydrogens is 332 g/mol. The van der Waals surface area contributed by atoms with Crippen molar-refractivity contribution in [3.63, 3.8) is 0 Å². The van der Waals surface area contributed by atoms with Crippen molar-refractivity contribution in [2.45, 2.75) is 52.2 Å². The SMILES string of the molecule is CSCCC(NC(=O)C(C)NC(C)=O)C(=O)NC(C(N)=O)C(C)C. The van der Waals surface area contributed by atoms with Crippen LogP contribution in [-0.4, -0.2) is 53.8 Å². The normalized spacial score (nSPS) is 14.4. The van der Waals surface area contributed by atoms with Crippen LogP contribution in [0.15, 0.2) is 0 Å². The van der Waals surface area contributed by atoms with E-state index in [0.29, 0.717) is 12.2 Å². The highest BCUT2D eigenvalue weighted by molar-refractivity contribution is 7.98. The van der Waals surface area contributed by atoms with Crippen molar-refractivity contribution in [3.05, 3.63) is 0 Å². The minimum atomic E-state index is -0.807. The van der Waals surface area contributed by atoms with Crippen LogP contribution in [0.25, 0.3) is 0 Å². The lowest BCUT2D eigenvalue weighted by atomic mass is 10.0. The summed E-state index contributed by atoms with van der Waals surface area (Å²) in [5, 5.41) is 7.65. The Kier molecular flexibility index (Phi) is 10.1. The van der Waals surface area contributed by atoms with E-state index in [-0.39, 0.29) is 11.8 Å². The molecule has 3 unspecified atom stereocenters. The maximum atomic E-state index is 12.4. The fraction of sp³-hybridized carbons (Fsp3) is 0.733. The molecule has 0 radical (unpaired) electrons. The van der Waals surface area contributed by atoms with E-state index < -0.39 is 35.8 Å². The number of carbonyl (C=O) groups is 4. The second-order valence-electron chi connectivity index (χ2n) is 5.90. The molecular formula is C15H28N4O4S. The van der Waals surface area contributed by atoms with Gasteiger partial charge in [-0.25, -0.2) is 0 Å². The third-order valence-corrected chi connectivity index (χ3v) is 3.97. The summed E-state index contributed by atoms with van der Waals surface area (Å²) in [6, 6.07) is -2.37. The summed E-state index contributed by atoms with van der Waals surface area (Å²) in [7, 11) is 0. The highest BCUT2D eigenvalue weighted by Crippen LogP contribution is 2.05. The lowest BCUT2D eigenvalue weighted by molar-refractivity contribution is -0.133. The number of amides is 4. The number of primary amides is 1. The number of carbonyl (C=O) groups excluding carboxylic acids is 4. The van der Waals surface area contributed by atoms with Crippen molar-refractivity contribution < 1.29 is 19.2 Å². The number of nitrogens with two attached hydrogens (primary N) is 1. The average Bonchev–Trinajstić information content (AvgIpc) is 2.46. The largest absolute Gasteiger partial charge is 0.368 e. The van der Waals surface area contributed by atoms with E-state index in [4.69, 9.17) is 5.73 Å². The van der Waals surface area contributed by atoms with Gasteiger partial charge in [0, 0.05) is 6.92 Å². The lowest BCUT2D eigenvalue weighted by Crippen LogP contribution is -2.56. The van der Waals surface area contributed by atoms with E-state index in [0.717, 1.165) is 0 Å². The van der Waals surface area contributed by atoms with Crippen LogP contribution in [-0.2, 0) is 19.2 Å². The molecule has 0 saturated carbocycles. The number of thioether (sulfide) groups is 1. The van der Waals surface area contributed by atoms with E-state index in [1.54, 1.807) is 13.8 Å². The Hall–Kier alpha value is -1.77. The minimum absolute atomic E-state index is 0.165. The molecule has 0 spiro atoms. The fourth-order valence-corrected chi connectivity index (χ4v) is 2.46. The van der Waals surface area contributed by atoms with Gasteiger partial charge in [0.25, 0.3) is 0 Å². The smallest absolute Gasteiger partial charge is 0.243 e. The Bertz CT molecular complexity index is 470. The first-order valence-corrected chi connectivity index (χ1v) is 9.15. The zero-order valence-corrected chi connectivity index (χ0v) is 15.7. The van der Waals surface area contributed by atoms with Gasteiger partial charge in [-0.05, 0) is 31.3 Å². The topological polar surface area (TPSA) is 130 Å². The number of rotatable bonds is 10. The van der Waals surface area contributed by atoms with Crippen molar-refractivity contribution >= 4 is 35.4 Å². The van der Waals surface area contributed by atoms with Gasteiger partial charge in [0.15, 0.2) is 0 Å². The molecule has 0 aliphatic carbocycles. The van der Waals surface area contributed by atoms with Crippen molar-refractivity contribution in [1.82, 2.24) is 16.0 Å². The van der Waals surface area contributed by atoms with Crippen molar-refractivity contribution in [3.8, 4) is 0 Å². The van der Waals surface area contributed by atoms with Crippen LogP contribution in [0.4, 0.5) is 0 Å². The zero-order valence-electron chi connectivity index (χ0n) is 14.8. The second kappa shape index (κ2) is 10.9. The van der Waals surface area contributed by atoms with Gasteiger partial charge in [-0.2, -0.15) is 11.8 Å². The third kappa shape index (κ3) is 8.19. The quantitative estimate of drug-likeness (QED) is 0.412. The van der Waals surface area contributed by atoms with E-state index in [2.05, 4.69) is 16.0 Å². The predicted molar refractivity (Wildman–Crippen MR) is 94.2 cm³/mol. The molecule has 138 valence electrons. The molecule has 0 bridgehead atoms. The molecule has 8 nitrogen and oxygen atoms in total. The molecule has 3 atom stereocenters. The van der Waals surface area contributed by atoms with Gasteiger partial charge >= 0.3 is 0 Å². The van der Waals surface area contributed by atoms with Crippen LogP contribution >= 0.6 is 11.8 Å². The molecule has 24 heavy (non-hydrogen) atoms. The zero-order chi connectivity index (χ0) is 18.9. The van der Waals surface area contributed by atoms with Crippen LogP contribution < -0.4 is 21.7 Å². The van der Waals surface area contributed by atoms with Gasteiger partial charge in [-0.1, -0.05) is 13.8 Å². The Balaban J connectivity index is 4.97. The van der Waals surface area contributed by atoms with Gasteiger partial charge in [0.1, 0.15) is 18.1 Å². The van der Waals surface area contributed by atoms with E-state index in [1.807, 2.05) is 6.26 Å². The summed E-state index contributed by atoms with van der Waals surface area (Å²) in [6.45, 7) is 6.37. The highest BCUT2D eigenvalue weighted by atomic mass is 32.2. The summed E-state index contributed by atoms with van der Waals surface area (Å²) in [4.78, 5) is 47.0. The molecule has 4 amide bonds. The van der Waals surface area contributed by atoms with Crippen LogP contribution in [0.3, 0.4) is 0 Å². The van der Waals surface area contributed by atoms with Gasteiger partial charge in [0.2, 0.25) is 23.6 Å². The second-order valence-corrected chi connectivity index (χ2v) is 6.88. The van der Waals surface area contributed by atoms with Crippen molar-refractivity contribution in [2.75, 3.05) is 12.0 Å². The van der Waals surface area contributed by atoms with E-state index >= 15 is 0 Å². The van der Waals surface area contributed by atoms with Gasteiger partial charge in [-0.3, -0.25) is 19.2 Å². The number of hydrogen-bond donors (Lipinski definition) is 4. The molecule has 0 aliphatic rings. The monoisotopic (exact) mass is 360 g/mol. The standard InChI is InChI=1S/C15H28N4O4S/c1-8(2)12(13(16)21)19-15(23)11(6-7-24-5)18-14(22)9(3)17-10(4)20/h8-9,11-12H,6-7H2,1-5H3,(H2,16,21)(H,17,20)(H,18,22)(H,19,23). The van der Waals surface area contributed by atoms with Crippen LogP contribution in [0.1, 0.15) is 34.1 Å². The summed E-state index contributed by atoms with van der Waals surface area (Å²) in [5.74, 6) is -1.41. The summed E-state index contributed by atoms with van der Waals surface area (Å²) in [6.07, 6.45) is 2.28. The molecule has 0 aromatic carbocycles. The Morgan fingerprint density at radius 3 is 2.00 bits per heavy atom. The van der Waals surface area contributed by atoms with Gasteiger partial charge < -0.3 is 21.7 Å². The highest BCUT2D eigenvalue weighted by Gasteiger charge is 2.28. The minimum Gasteiger partial charge on any atom is -0.368 e. The molecule has 0 saturated heterocycles. The molecule has 0 rings (SSSR count). The average molecular weight is 360 g/mol. The molecule has 0 aromatic heterocycles. The predicted octanol–water partition coefficient (Wildman–Crippen LogP) is -0.625. The van der Waals surface area contributed by atoms with Crippen LogP contribution in [0.5, 0.6) is 0 Å². The maximum absolute atomic E-state index is 12.4. The van der Waals surface area contributed by atoms with Crippen molar-refractivity contribution in [1.29, 1.82) is 0 Å². The summed E-state index contributed by atoms with van der Waals surface area (Å²) >= 11 is 1.53. The van der Waals surface area contributed by atoms with Crippen LogP contribution in [0.2, 0.25) is 0 Å². The van der Waals surface area contributed by atoms with Gasteiger partial charge in [0.05, 0.1) is 0 Å². The van der Waals surface area contributed by atoms with Gasteiger partial charge in [-0.15, -0.1) is 0 Å². The summed E-state index contributed by atoms with van der Waals surface area (Å²) in [5.41, 5.74) is 5.30. The fourth-order valence-electron chi connectivity index (χ4n) is 1.99. The van der Waals surface area contributed by atoms with Crippen LogP contribution in [0, 0.1) is 5.92 Å². The number of hydrogen-bond acceptors (Lipinski definition) is 5. The Morgan fingerprint density at radius 1 is 1.00 bits per heavy atom. The maximum Gasteiger partial charge on any atom is 0.243 e. The molecule has 0 heterocycles. The van der Waals surface area contributed by atoms with Crippen molar-refractivity contribution in [2.24, 2.45) is 11.7 Å². The van der Waals surface area contributed by atoms with E-state index in [9.17, 15) is 19.2 Å². The Morgan fingerprint density at radius 2 is 1.58 bits per heavy atom. The van der Waals surface area contributed by atoms with E-state index in [1.165, 1.54) is 25.6 Å².